The predicted molar refractivity (Wildman–Crippen MR) is 409 cm³/mol. The van der Waals surface area contributed by atoms with Crippen molar-refractivity contribution in [1.29, 1.82) is 0 Å². The van der Waals surface area contributed by atoms with Crippen molar-refractivity contribution in [3.63, 3.8) is 0 Å². The van der Waals surface area contributed by atoms with Crippen LogP contribution in [0.3, 0.4) is 0 Å². The Kier molecular flexibility index (Phi) is 42.2. The molecule has 1 heterocycles. The fourth-order valence-electron chi connectivity index (χ4n) is 12.4. The lowest BCUT2D eigenvalue weighted by Gasteiger charge is -2.29. The molecule has 634 valence electrons. The molecule has 3 aromatic carbocycles. The van der Waals surface area contributed by atoms with Crippen molar-refractivity contribution in [2.45, 2.75) is 191 Å². The Labute approximate surface area is 667 Å². The zero-order chi connectivity index (χ0) is 86.0. The van der Waals surface area contributed by atoms with E-state index in [1.807, 2.05) is 12.1 Å². The normalized spacial score (nSPS) is 21.1. The smallest absolute Gasteiger partial charge is 0.329 e. The third-order valence-electron chi connectivity index (χ3n) is 18.9. The summed E-state index contributed by atoms with van der Waals surface area (Å²) in [5.41, 5.74) is 17.8. The lowest BCUT2D eigenvalue weighted by molar-refractivity contribution is -0.156. The second-order valence-corrected chi connectivity index (χ2v) is 27.9. The first-order valence-corrected chi connectivity index (χ1v) is 37.8. The minimum absolute atomic E-state index is 0.00715. The van der Waals surface area contributed by atoms with Crippen molar-refractivity contribution in [1.82, 2.24) is 53.2 Å². The molecule has 1 saturated heterocycles. The summed E-state index contributed by atoms with van der Waals surface area (Å²) >= 11 is 0. The number of carbonyl (C=O) groups is 20. The van der Waals surface area contributed by atoms with Gasteiger partial charge >= 0.3 is 11.9 Å². The number of ketones is 4. The number of carboxylic acids is 1. The van der Waals surface area contributed by atoms with Gasteiger partial charge < -0.3 is 99.5 Å². The second kappa shape index (κ2) is 50.8. The number of amides is 11. The maximum Gasteiger partial charge on any atom is 0.329 e. The van der Waals surface area contributed by atoms with E-state index in [-0.39, 0.29) is 62.9 Å². The highest BCUT2D eigenvalue weighted by atomic mass is 16.5. The molecule has 39 nitrogen and oxygen atoms in total. The molecule has 0 saturated carbocycles. The lowest BCUT2D eigenvalue weighted by Crippen LogP contribution is -2.57. The molecule has 11 amide bonds. The summed E-state index contributed by atoms with van der Waals surface area (Å²) in [5, 5.41) is 45.3. The van der Waals surface area contributed by atoms with Gasteiger partial charge in [-0.1, -0.05) is 107 Å². The van der Waals surface area contributed by atoms with Gasteiger partial charge in [-0.2, -0.15) is 0 Å². The largest absolute Gasteiger partial charge is 0.481 e. The first-order chi connectivity index (χ1) is 55.3. The Morgan fingerprint density at radius 2 is 1.24 bits per heavy atom. The van der Waals surface area contributed by atoms with Gasteiger partial charge in [0.25, 0.3) is 19.4 Å². The van der Waals surface area contributed by atoms with Gasteiger partial charge in [-0.15, -0.1) is 0 Å². The number of para-hydroxylation sites is 1. The average Bonchev–Trinajstić information content (AvgIpc) is 0.819. The zero-order valence-corrected chi connectivity index (χ0v) is 65.0. The zero-order valence-electron chi connectivity index (χ0n) is 65.0. The van der Waals surface area contributed by atoms with Gasteiger partial charge in [-0.25, -0.2) is 4.79 Å². The van der Waals surface area contributed by atoms with E-state index in [0.29, 0.717) is 23.8 Å². The Hall–Kier alpha value is -12.2. The molecular weight excluding hydrogens is 1520 g/mol. The standard InChI is InChI=1S/C77H105N13O26/c1-5-6-7-8-9-10-11-25-65(100)85-56(27-47-20-16-19-46-18-12-13-21-50(46)47)75(110)87-55(33-64(80)99)62(97)28-48(30-68(103)104)71(106)90-69-45(4)116-77(112)57(32-60(95)51-22-14-15-23-53(51)79)88-73(108)52(43(2)37-113-40-92)31-63(98)58(36-91)86-67(102)34-81-74(109)59(39-115-42-94)89-70(105)44(3)83-72(107)49(38-114-41-93)29-61(96)54(24-17-26-78)84-66(101)35-82-76(69)111/h12-16,18-23,40-45,48-49,52,54-59,69,91H,5-11,17,24-39,78-79H2,1-4H3,(H2,80,99)(H,81,109)(H,82,111)(H,83,107)(H,84,101)(H,85,100)(H,86,102)(H,87,110)(H,88,108)(H,89,105)(H,90,106)(H,103,104)/t43?,44-,45-,48+,49+,52+,54+,55-,56+,57+,58-,59+,69+/m1/s1. The Morgan fingerprint density at radius 3 is 1.89 bits per heavy atom. The number of nitrogens with one attached hydrogen (secondary N) is 10. The number of hydrogen-bond donors (Lipinski definition) is 15. The highest BCUT2D eigenvalue weighted by molar-refractivity contribution is 6.05. The Bertz CT molecular complexity index is 3970. The number of unbranched alkanes of at least 4 members (excludes halogenated alkanes) is 6. The monoisotopic (exact) mass is 1630 g/mol. The summed E-state index contributed by atoms with van der Waals surface area (Å²) in [7, 11) is 0. The van der Waals surface area contributed by atoms with Crippen molar-refractivity contribution in [2.24, 2.45) is 35.1 Å². The quantitative estimate of drug-likeness (QED) is 0.00696. The molecule has 0 spiro atoms. The minimum atomic E-state index is -2.34. The number of fused-ring (bicyclic) bond motifs is 1. The number of nitrogen functional groups attached to an aromatic ring is 1. The summed E-state index contributed by atoms with van der Waals surface area (Å²) in [6.07, 6.45) is -2.67. The maximum atomic E-state index is 14.9. The van der Waals surface area contributed by atoms with Crippen LogP contribution in [0.1, 0.15) is 146 Å². The van der Waals surface area contributed by atoms with Crippen LogP contribution in [-0.4, -0.2) is 230 Å². The summed E-state index contributed by atoms with van der Waals surface area (Å²) in [5.74, 6) is -27.1. The molecule has 1 unspecified atom stereocenters. The van der Waals surface area contributed by atoms with Crippen molar-refractivity contribution < 1.29 is 125 Å². The number of esters is 1. The Morgan fingerprint density at radius 1 is 0.629 bits per heavy atom. The lowest BCUT2D eigenvalue weighted by atomic mass is 9.87. The van der Waals surface area contributed by atoms with E-state index in [1.165, 1.54) is 31.2 Å². The molecule has 1 fully saturated rings. The van der Waals surface area contributed by atoms with Gasteiger partial charge in [-0.3, -0.25) is 91.1 Å². The number of hydrogen-bond acceptors (Lipinski definition) is 27. The van der Waals surface area contributed by atoms with Gasteiger partial charge in [0.15, 0.2) is 23.1 Å². The molecular formula is C77H105N13O26. The van der Waals surface area contributed by atoms with E-state index >= 15 is 0 Å². The molecule has 39 heteroatoms. The number of carbonyl (C=O) groups excluding carboxylic acids is 19. The van der Waals surface area contributed by atoms with Crippen LogP contribution in [0.4, 0.5) is 5.69 Å². The molecule has 4 rings (SSSR count). The van der Waals surface area contributed by atoms with Crippen LogP contribution in [0.15, 0.2) is 66.7 Å². The molecule has 1 aliphatic heterocycles. The number of cyclic esters (lactones) is 1. The molecule has 13 atom stereocenters. The summed E-state index contributed by atoms with van der Waals surface area (Å²) in [4.78, 5) is 273. The van der Waals surface area contributed by atoms with Gasteiger partial charge in [0.05, 0.1) is 69.0 Å². The van der Waals surface area contributed by atoms with Gasteiger partial charge in [0.1, 0.15) is 55.6 Å². The number of rotatable bonds is 39. The van der Waals surface area contributed by atoms with Gasteiger partial charge in [-0.05, 0) is 68.1 Å². The summed E-state index contributed by atoms with van der Waals surface area (Å²) in [6, 6.07) is 2.98. The van der Waals surface area contributed by atoms with Crippen molar-refractivity contribution >= 4 is 136 Å². The molecule has 0 aromatic heterocycles. The molecule has 0 radical (unpaired) electrons. The van der Waals surface area contributed by atoms with Crippen LogP contribution in [-0.2, 0) is 116 Å². The first-order valence-electron chi connectivity index (χ1n) is 37.8. The maximum absolute atomic E-state index is 14.9. The van der Waals surface area contributed by atoms with E-state index < -0.39 is 256 Å². The first kappa shape index (κ1) is 96.2. The van der Waals surface area contributed by atoms with Crippen LogP contribution in [0.25, 0.3) is 10.8 Å². The number of primary amides is 1. The van der Waals surface area contributed by atoms with Crippen LogP contribution in [0.2, 0.25) is 0 Å². The number of aliphatic hydroxyl groups is 1. The number of carboxylic acid groups (broad SMARTS) is 1. The van der Waals surface area contributed by atoms with E-state index in [0.717, 1.165) is 51.3 Å². The van der Waals surface area contributed by atoms with E-state index in [9.17, 15) is 106 Å². The number of aliphatic carboxylic acids is 1. The minimum Gasteiger partial charge on any atom is -0.481 e. The summed E-state index contributed by atoms with van der Waals surface area (Å²) in [6.45, 7) is -0.536. The van der Waals surface area contributed by atoms with Gasteiger partial charge in [0, 0.05) is 55.7 Å². The predicted octanol–water partition coefficient (Wildman–Crippen LogP) is -2.58. The number of Topliss-reactive ketones (excluding diaryl/α,β-unsaturated/α-hetero) is 4. The molecule has 116 heavy (non-hydrogen) atoms. The average molecular weight is 1630 g/mol. The number of nitrogens with two attached hydrogens (primary N) is 3. The number of aliphatic hydroxyl groups excluding tert-OH is 1. The highest BCUT2D eigenvalue weighted by Crippen LogP contribution is 2.24. The van der Waals surface area contributed by atoms with Crippen LogP contribution in [0, 0.1) is 23.7 Å². The topological polar surface area (TPSA) is 617 Å². The third kappa shape index (κ3) is 33.1. The van der Waals surface area contributed by atoms with Crippen molar-refractivity contribution in [3.05, 3.63) is 77.9 Å². The molecule has 0 bridgehead atoms. The SMILES string of the molecule is CCCCCCCCCC(=O)N[C@@H](Cc1cccc2ccccc12)C(=O)N[C@H](CC(N)=O)C(=O)C[C@@H](CC(=O)O)C(=O)N[C@@H]1C(=O)NCC(=O)N[C@@H](CCCN)C(=O)C[C@@H](COC=O)C(=O)N[C@H](C)C(=O)N[C@@H](COC=O)C(=O)NCC(=O)N[C@H](CO)C(=O)C[C@@H](C(C)COC=O)C(=O)N[C@@H](CC(=O)c2ccccc2N)C(=O)O[C@@H]1C. The van der Waals surface area contributed by atoms with E-state index in [1.54, 1.807) is 30.3 Å². The molecule has 18 N–H and O–H groups in total. The van der Waals surface area contributed by atoms with Gasteiger partial charge in [0.2, 0.25) is 65.0 Å². The van der Waals surface area contributed by atoms with Crippen molar-refractivity contribution in [2.75, 3.05) is 51.8 Å². The summed E-state index contributed by atoms with van der Waals surface area (Å²) < 4.78 is 20.2. The number of anilines is 1. The fraction of sp³-hybridized carbons (Fsp3) is 0.532. The molecule has 1 aliphatic rings. The highest BCUT2D eigenvalue weighted by Gasteiger charge is 2.41. The fourth-order valence-corrected chi connectivity index (χ4v) is 12.4. The third-order valence-corrected chi connectivity index (χ3v) is 18.9. The number of benzene rings is 3. The van der Waals surface area contributed by atoms with Crippen LogP contribution >= 0.6 is 0 Å². The van der Waals surface area contributed by atoms with Crippen molar-refractivity contribution in [3.8, 4) is 0 Å². The second-order valence-electron chi connectivity index (χ2n) is 27.9. The van der Waals surface area contributed by atoms with E-state index in [4.69, 9.17) is 36.1 Å². The van der Waals surface area contributed by atoms with Crippen LogP contribution in [0.5, 0.6) is 0 Å². The number of ether oxygens (including phenoxy) is 4. The molecule has 0 aliphatic carbocycles. The molecule has 3 aromatic rings. The van der Waals surface area contributed by atoms with Crippen LogP contribution < -0.4 is 70.4 Å². The Balaban J connectivity index is 1.87. The van der Waals surface area contributed by atoms with E-state index in [2.05, 4.69) is 60.1 Å².